The second-order valence-corrected chi connectivity index (χ2v) is 7.26. The molecule has 0 spiro atoms. The van der Waals surface area contributed by atoms with E-state index in [2.05, 4.69) is 22.5 Å². The number of amides is 1. The van der Waals surface area contributed by atoms with Crippen molar-refractivity contribution in [1.29, 1.82) is 0 Å². The third-order valence-electron chi connectivity index (χ3n) is 4.79. The summed E-state index contributed by atoms with van der Waals surface area (Å²) in [5.74, 6) is 0.817. The summed E-state index contributed by atoms with van der Waals surface area (Å²) < 4.78 is 5.29. The van der Waals surface area contributed by atoms with Crippen molar-refractivity contribution in [2.75, 3.05) is 25.5 Å². The summed E-state index contributed by atoms with van der Waals surface area (Å²) in [6.07, 6.45) is 0.732. The third-order valence-corrected chi connectivity index (χ3v) is 5.94. The van der Waals surface area contributed by atoms with Crippen LogP contribution in [0, 0.1) is 0 Å². The van der Waals surface area contributed by atoms with E-state index in [1.54, 1.807) is 18.4 Å². The monoisotopic (exact) mass is 343 g/mol. The molecule has 0 saturated carbocycles. The van der Waals surface area contributed by atoms with Crippen LogP contribution in [0.1, 0.15) is 39.5 Å². The molecule has 1 atom stereocenters. The maximum Gasteiger partial charge on any atom is 0.256 e. The quantitative estimate of drug-likeness (QED) is 0.900. The molecule has 0 bridgehead atoms. The molecule has 126 valence electrons. The zero-order chi connectivity index (χ0) is 16.7. The van der Waals surface area contributed by atoms with Crippen LogP contribution in [0.4, 0.5) is 5.00 Å². The molecule has 5 nitrogen and oxygen atoms in total. The Bertz CT molecular complexity index is 787. The lowest BCUT2D eigenvalue weighted by Crippen LogP contribution is -2.38. The molecule has 0 saturated heterocycles. The number of benzene rings is 1. The fourth-order valence-electron chi connectivity index (χ4n) is 3.43. The number of ether oxygens (including phenoxy) is 1. The first-order valence-electron chi connectivity index (χ1n) is 8.28. The summed E-state index contributed by atoms with van der Waals surface area (Å²) in [5.41, 5.74) is 3.08. The first-order chi connectivity index (χ1) is 11.7. The van der Waals surface area contributed by atoms with E-state index in [0.717, 1.165) is 47.9 Å². The van der Waals surface area contributed by atoms with Crippen molar-refractivity contribution in [3.05, 3.63) is 45.8 Å². The van der Waals surface area contributed by atoms with E-state index in [1.165, 1.54) is 10.4 Å². The Morgan fingerprint density at radius 1 is 1.38 bits per heavy atom. The van der Waals surface area contributed by atoms with E-state index in [-0.39, 0.29) is 12.1 Å². The van der Waals surface area contributed by atoms with Gasteiger partial charge in [-0.1, -0.05) is 19.1 Å². The Labute approximate surface area is 145 Å². The SMILES string of the molecule is CCN1CCc2c(sc3c2C(=O)N[C@@H](c2cccc(OC)c2)N3)C1. The molecule has 1 aromatic heterocycles. The van der Waals surface area contributed by atoms with Crippen molar-refractivity contribution in [2.45, 2.75) is 26.1 Å². The van der Waals surface area contributed by atoms with E-state index in [1.807, 2.05) is 24.3 Å². The molecule has 3 heterocycles. The number of hydrogen-bond donors (Lipinski definition) is 2. The minimum atomic E-state index is -0.220. The number of nitrogens with one attached hydrogen (secondary N) is 2. The minimum absolute atomic E-state index is 0.0269. The molecule has 2 aromatic rings. The Morgan fingerprint density at radius 3 is 3.04 bits per heavy atom. The Morgan fingerprint density at radius 2 is 2.25 bits per heavy atom. The molecule has 24 heavy (non-hydrogen) atoms. The van der Waals surface area contributed by atoms with Crippen molar-refractivity contribution < 1.29 is 9.53 Å². The van der Waals surface area contributed by atoms with Crippen molar-refractivity contribution in [3.63, 3.8) is 0 Å². The van der Waals surface area contributed by atoms with Crippen LogP contribution in [-0.4, -0.2) is 31.0 Å². The lowest BCUT2D eigenvalue weighted by molar-refractivity contribution is 0.0934. The molecule has 0 aliphatic carbocycles. The number of thiophene rings is 1. The third kappa shape index (κ3) is 2.56. The molecular weight excluding hydrogens is 322 g/mol. The molecular formula is C18H21N3O2S. The van der Waals surface area contributed by atoms with Gasteiger partial charge in [-0.3, -0.25) is 9.69 Å². The summed E-state index contributed by atoms with van der Waals surface area (Å²) in [4.78, 5) is 16.5. The summed E-state index contributed by atoms with van der Waals surface area (Å²) in [5, 5.41) is 7.58. The summed E-state index contributed by atoms with van der Waals surface area (Å²) in [6, 6.07) is 7.80. The molecule has 2 aliphatic rings. The number of methoxy groups -OCH3 is 1. The molecule has 6 heteroatoms. The highest BCUT2D eigenvalue weighted by molar-refractivity contribution is 7.16. The normalized spacial score (nSPS) is 19.9. The Kier molecular flexibility index (Phi) is 3.94. The number of fused-ring (bicyclic) bond motifs is 3. The van der Waals surface area contributed by atoms with Crippen LogP contribution < -0.4 is 15.4 Å². The lowest BCUT2D eigenvalue weighted by atomic mass is 10.0. The maximum atomic E-state index is 12.7. The Hall–Kier alpha value is -2.05. The molecule has 0 radical (unpaired) electrons. The van der Waals surface area contributed by atoms with Crippen molar-refractivity contribution >= 4 is 22.2 Å². The van der Waals surface area contributed by atoms with Gasteiger partial charge >= 0.3 is 0 Å². The van der Waals surface area contributed by atoms with Gasteiger partial charge in [0.25, 0.3) is 5.91 Å². The van der Waals surface area contributed by atoms with Gasteiger partial charge in [-0.2, -0.15) is 0 Å². The standard InChI is InChI=1S/C18H21N3O2S/c1-3-21-8-7-13-14(10-21)24-18-15(13)17(22)19-16(20-18)11-5-4-6-12(9-11)23-2/h4-6,9,16,20H,3,7-8,10H2,1-2H3,(H,19,22)/t16-/m1/s1. The van der Waals surface area contributed by atoms with Crippen LogP contribution in [-0.2, 0) is 13.0 Å². The number of carbonyl (C=O) groups excluding carboxylic acids is 1. The number of likely N-dealkylation sites (N-methyl/N-ethyl adjacent to an activating group) is 1. The largest absolute Gasteiger partial charge is 0.497 e. The first-order valence-corrected chi connectivity index (χ1v) is 9.09. The second kappa shape index (κ2) is 6.11. The van der Waals surface area contributed by atoms with Crippen molar-refractivity contribution in [1.82, 2.24) is 10.2 Å². The van der Waals surface area contributed by atoms with Gasteiger partial charge in [-0.05, 0) is 36.2 Å². The first kappa shape index (κ1) is 15.5. The van der Waals surface area contributed by atoms with Crippen LogP contribution >= 0.6 is 11.3 Å². The minimum Gasteiger partial charge on any atom is -0.497 e. The van der Waals surface area contributed by atoms with Gasteiger partial charge in [-0.25, -0.2) is 0 Å². The molecule has 2 aliphatic heterocycles. The zero-order valence-electron chi connectivity index (χ0n) is 13.9. The number of hydrogen-bond acceptors (Lipinski definition) is 5. The summed E-state index contributed by atoms with van der Waals surface area (Å²) in [6.45, 7) is 5.21. The average molecular weight is 343 g/mol. The predicted octanol–water partition coefficient (Wildman–Crippen LogP) is 2.99. The van der Waals surface area contributed by atoms with E-state index in [4.69, 9.17) is 4.74 Å². The molecule has 1 aromatic carbocycles. The van der Waals surface area contributed by atoms with E-state index >= 15 is 0 Å². The lowest BCUT2D eigenvalue weighted by Gasteiger charge is -2.28. The van der Waals surface area contributed by atoms with Gasteiger partial charge in [0.1, 0.15) is 16.9 Å². The average Bonchev–Trinajstić information content (AvgIpc) is 2.99. The highest BCUT2D eigenvalue weighted by atomic mass is 32.1. The number of nitrogens with zero attached hydrogens (tertiary/aromatic N) is 1. The molecule has 0 fully saturated rings. The van der Waals surface area contributed by atoms with Gasteiger partial charge in [0, 0.05) is 18.0 Å². The Balaban J connectivity index is 1.66. The van der Waals surface area contributed by atoms with E-state index < -0.39 is 0 Å². The summed E-state index contributed by atoms with van der Waals surface area (Å²) >= 11 is 1.72. The predicted molar refractivity (Wildman–Crippen MR) is 95.8 cm³/mol. The molecule has 0 unspecified atom stereocenters. The van der Waals surface area contributed by atoms with Crippen LogP contribution in [0.25, 0.3) is 0 Å². The van der Waals surface area contributed by atoms with Gasteiger partial charge in [-0.15, -0.1) is 11.3 Å². The number of carbonyl (C=O) groups is 1. The fraction of sp³-hybridized carbons (Fsp3) is 0.389. The summed E-state index contributed by atoms with van der Waals surface area (Å²) in [7, 11) is 1.65. The smallest absolute Gasteiger partial charge is 0.256 e. The number of anilines is 1. The number of rotatable bonds is 3. The molecule has 1 amide bonds. The van der Waals surface area contributed by atoms with Gasteiger partial charge in [0.2, 0.25) is 0 Å². The van der Waals surface area contributed by atoms with Crippen LogP contribution in [0.15, 0.2) is 24.3 Å². The van der Waals surface area contributed by atoms with Gasteiger partial charge in [0.05, 0.1) is 12.7 Å². The molecule has 2 N–H and O–H groups in total. The zero-order valence-corrected chi connectivity index (χ0v) is 14.7. The van der Waals surface area contributed by atoms with Crippen LogP contribution in [0.5, 0.6) is 5.75 Å². The van der Waals surface area contributed by atoms with Crippen molar-refractivity contribution in [2.24, 2.45) is 0 Å². The van der Waals surface area contributed by atoms with Gasteiger partial charge < -0.3 is 15.4 Å². The van der Waals surface area contributed by atoms with E-state index in [0.29, 0.717) is 0 Å². The van der Waals surface area contributed by atoms with Gasteiger partial charge in [0.15, 0.2) is 0 Å². The van der Waals surface area contributed by atoms with E-state index in [9.17, 15) is 4.79 Å². The highest BCUT2D eigenvalue weighted by Gasteiger charge is 2.33. The second-order valence-electron chi connectivity index (χ2n) is 6.15. The fourth-order valence-corrected chi connectivity index (χ4v) is 4.74. The highest BCUT2D eigenvalue weighted by Crippen LogP contribution is 2.40. The van der Waals surface area contributed by atoms with Crippen LogP contribution in [0.3, 0.4) is 0 Å². The molecule has 4 rings (SSSR count). The topological polar surface area (TPSA) is 53.6 Å². The van der Waals surface area contributed by atoms with Crippen LogP contribution in [0.2, 0.25) is 0 Å². The maximum absolute atomic E-state index is 12.7. The van der Waals surface area contributed by atoms with Crippen molar-refractivity contribution in [3.8, 4) is 5.75 Å².